The van der Waals surface area contributed by atoms with Gasteiger partial charge in [-0.1, -0.05) is 42.4 Å². The van der Waals surface area contributed by atoms with Crippen LogP contribution >= 0.6 is 23.1 Å². The summed E-state index contributed by atoms with van der Waals surface area (Å²) in [6, 6.07) is 5.22. The molecule has 1 fully saturated rings. The molecule has 0 radical (unpaired) electrons. The first kappa shape index (κ1) is 19.6. The van der Waals surface area contributed by atoms with Crippen molar-refractivity contribution in [1.82, 2.24) is 15.5 Å². The van der Waals surface area contributed by atoms with E-state index in [1.165, 1.54) is 66.6 Å². The van der Waals surface area contributed by atoms with E-state index in [1.807, 2.05) is 0 Å². The maximum Gasteiger partial charge on any atom is 0.325 e. The third-order valence-corrected chi connectivity index (χ3v) is 6.00. The lowest BCUT2D eigenvalue weighted by Crippen LogP contribution is -2.37. The minimum absolute atomic E-state index is 0.00865. The lowest BCUT2D eigenvalue weighted by Gasteiger charge is -2.22. The zero-order chi connectivity index (χ0) is 19.1. The van der Waals surface area contributed by atoms with Crippen LogP contribution in [0.15, 0.2) is 28.6 Å². The number of carbonyl (C=O) groups is 2. The number of hydrogen-bond acceptors (Lipinski definition) is 6. The summed E-state index contributed by atoms with van der Waals surface area (Å²) in [5.41, 5.74) is 0.465. The summed E-state index contributed by atoms with van der Waals surface area (Å²) in [5.74, 6) is -0.114. The Labute approximate surface area is 164 Å². The van der Waals surface area contributed by atoms with Crippen LogP contribution in [-0.4, -0.2) is 33.9 Å². The second-order valence-corrected chi connectivity index (χ2v) is 8.35. The normalized spacial score (nSPS) is 14.6. The van der Waals surface area contributed by atoms with Crippen LogP contribution in [-0.2, 0) is 4.79 Å². The molecule has 0 aliphatic heterocycles. The zero-order valence-electron chi connectivity index (χ0n) is 14.5. The summed E-state index contributed by atoms with van der Waals surface area (Å²) >= 11 is 2.48. The van der Waals surface area contributed by atoms with Gasteiger partial charge in [-0.05, 0) is 37.1 Å². The molecular weight excluding hydrogens is 389 g/mol. The number of rotatable bonds is 6. The van der Waals surface area contributed by atoms with Crippen molar-refractivity contribution in [2.75, 3.05) is 16.4 Å². The van der Waals surface area contributed by atoms with Gasteiger partial charge in [0.2, 0.25) is 11.0 Å². The molecule has 0 bridgehead atoms. The molecule has 0 atom stereocenters. The molecule has 0 saturated heterocycles. The quantitative estimate of drug-likeness (QED) is 0.497. The van der Waals surface area contributed by atoms with Crippen LogP contribution in [0.1, 0.15) is 32.1 Å². The smallest absolute Gasteiger partial charge is 0.325 e. The van der Waals surface area contributed by atoms with Crippen LogP contribution < -0.4 is 16.0 Å². The van der Waals surface area contributed by atoms with Crippen molar-refractivity contribution in [3.05, 3.63) is 30.1 Å². The van der Waals surface area contributed by atoms with Gasteiger partial charge in [-0.2, -0.15) is 0 Å². The number of thioether (sulfide) groups is 1. The first-order valence-corrected chi connectivity index (χ1v) is 10.5. The number of amides is 3. The second kappa shape index (κ2) is 9.65. The number of hydrogen-bond donors (Lipinski definition) is 3. The fourth-order valence-corrected chi connectivity index (χ4v) is 4.31. The van der Waals surface area contributed by atoms with Crippen LogP contribution in [0, 0.1) is 5.82 Å². The van der Waals surface area contributed by atoms with Gasteiger partial charge >= 0.3 is 6.03 Å². The van der Waals surface area contributed by atoms with Crippen LogP contribution in [0.5, 0.6) is 0 Å². The minimum Gasteiger partial charge on any atom is -0.353 e. The minimum atomic E-state index is -0.496. The van der Waals surface area contributed by atoms with Crippen LogP contribution in [0.3, 0.4) is 0 Å². The van der Waals surface area contributed by atoms with Gasteiger partial charge in [0.05, 0.1) is 5.75 Å². The molecule has 27 heavy (non-hydrogen) atoms. The number of urea groups is 1. The maximum atomic E-state index is 12.9. The number of carbonyl (C=O) groups excluding carboxylic acids is 2. The Kier molecular flexibility index (Phi) is 6.99. The van der Waals surface area contributed by atoms with Gasteiger partial charge in [-0.15, -0.1) is 10.2 Å². The van der Waals surface area contributed by atoms with Gasteiger partial charge in [0.25, 0.3) is 0 Å². The van der Waals surface area contributed by atoms with Crippen molar-refractivity contribution in [2.45, 2.75) is 42.5 Å². The fraction of sp³-hybridized carbons (Fsp3) is 0.412. The molecule has 1 heterocycles. The fourth-order valence-electron chi connectivity index (χ4n) is 2.75. The Balaban J connectivity index is 1.41. The van der Waals surface area contributed by atoms with Crippen molar-refractivity contribution in [2.24, 2.45) is 0 Å². The molecule has 1 aromatic carbocycles. The maximum absolute atomic E-state index is 12.9. The van der Waals surface area contributed by atoms with Crippen LogP contribution in [0.25, 0.3) is 0 Å². The molecule has 144 valence electrons. The predicted molar refractivity (Wildman–Crippen MR) is 105 cm³/mol. The largest absolute Gasteiger partial charge is 0.353 e. The van der Waals surface area contributed by atoms with Crippen molar-refractivity contribution in [3.8, 4) is 0 Å². The van der Waals surface area contributed by atoms with E-state index in [2.05, 4.69) is 26.1 Å². The first-order chi connectivity index (χ1) is 13.1. The van der Waals surface area contributed by atoms with E-state index in [1.54, 1.807) is 0 Å². The number of aromatic nitrogens is 2. The highest BCUT2D eigenvalue weighted by Gasteiger charge is 2.16. The molecule has 10 heteroatoms. The van der Waals surface area contributed by atoms with Gasteiger partial charge in [0.1, 0.15) is 5.82 Å². The van der Waals surface area contributed by atoms with Gasteiger partial charge < -0.3 is 10.6 Å². The summed E-state index contributed by atoms with van der Waals surface area (Å²) in [6.07, 6.45) is 5.68. The Morgan fingerprint density at radius 3 is 2.59 bits per heavy atom. The summed E-state index contributed by atoms with van der Waals surface area (Å²) in [6.45, 7) is 0. The van der Waals surface area contributed by atoms with Crippen molar-refractivity contribution in [1.29, 1.82) is 0 Å². The highest BCUT2D eigenvalue weighted by atomic mass is 32.2. The first-order valence-electron chi connectivity index (χ1n) is 8.68. The molecule has 3 N–H and O–H groups in total. The molecule has 1 aliphatic rings. The van der Waals surface area contributed by atoms with E-state index in [0.717, 1.165) is 12.8 Å². The Morgan fingerprint density at radius 2 is 1.85 bits per heavy atom. The highest BCUT2D eigenvalue weighted by molar-refractivity contribution is 8.01. The number of anilines is 2. The number of nitrogens with one attached hydrogen (secondary N) is 3. The summed E-state index contributed by atoms with van der Waals surface area (Å²) in [4.78, 5) is 23.9. The zero-order valence-corrected chi connectivity index (χ0v) is 16.2. The van der Waals surface area contributed by atoms with Crippen molar-refractivity contribution in [3.63, 3.8) is 0 Å². The van der Waals surface area contributed by atoms with Crippen molar-refractivity contribution < 1.29 is 14.0 Å². The van der Waals surface area contributed by atoms with Gasteiger partial charge in [0.15, 0.2) is 4.34 Å². The molecule has 1 aliphatic carbocycles. The average molecular weight is 410 g/mol. The van der Waals surface area contributed by atoms with Gasteiger partial charge in [-0.25, -0.2) is 9.18 Å². The molecule has 2 aromatic rings. The molecule has 3 amide bonds. The lowest BCUT2D eigenvalue weighted by molar-refractivity contribution is -0.119. The molecule has 3 rings (SSSR count). The molecule has 1 saturated carbocycles. The van der Waals surface area contributed by atoms with Gasteiger partial charge in [-0.3, -0.25) is 10.1 Å². The van der Waals surface area contributed by atoms with E-state index in [0.29, 0.717) is 15.2 Å². The second-order valence-electron chi connectivity index (χ2n) is 6.15. The summed E-state index contributed by atoms with van der Waals surface area (Å²) in [5, 5.41) is 16.4. The molecular formula is C17H20FN5O2S2. The van der Waals surface area contributed by atoms with Crippen LogP contribution in [0.4, 0.5) is 20.0 Å². The SMILES string of the molecule is O=C(CSc1nnc(NC(=O)Nc2ccc(F)cc2)s1)NC1CCCCC1. The van der Waals surface area contributed by atoms with E-state index >= 15 is 0 Å². The van der Waals surface area contributed by atoms with E-state index in [9.17, 15) is 14.0 Å². The van der Waals surface area contributed by atoms with E-state index < -0.39 is 6.03 Å². The molecule has 1 aromatic heterocycles. The predicted octanol–water partition coefficient (Wildman–Crippen LogP) is 3.86. The van der Waals surface area contributed by atoms with Gasteiger partial charge in [0, 0.05) is 11.7 Å². The average Bonchev–Trinajstić information content (AvgIpc) is 3.10. The standard InChI is InChI=1S/C17H20FN5O2S2/c18-11-6-8-13(9-7-11)20-15(25)21-16-22-23-17(27-16)26-10-14(24)19-12-4-2-1-3-5-12/h6-9,12H,1-5,10H2,(H,19,24)(H2,20,21,22,25). The molecule has 0 unspecified atom stereocenters. The number of nitrogens with zero attached hydrogens (tertiary/aromatic N) is 2. The highest BCUT2D eigenvalue weighted by Crippen LogP contribution is 2.25. The Morgan fingerprint density at radius 1 is 1.11 bits per heavy atom. The van der Waals surface area contributed by atoms with Crippen LogP contribution in [0.2, 0.25) is 0 Å². The Bertz CT molecular complexity index is 778. The third-order valence-electron chi connectivity index (χ3n) is 4.03. The topological polar surface area (TPSA) is 96.0 Å². The van der Waals surface area contributed by atoms with E-state index in [4.69, 9.17) is 0 Å². The monoisotopic (exact) mass is 409 g/mol. The number of halogens is 1. The number of benzene rings is 1. The third kappa shape index (κ3) is 6.47. The molecule has 7 nitrogen and oxygen atoms in total. The van der Waals surface area contributed by atoms with Crippen molar-refractivity contribution >= 4 is 45.9 Å². The summed E-state index contributed by atoms with van der Waals surface area (Å²) < 4.78 is 13.5. The summed E-state index contributed by atoms with van der Waals surface area (Å²) in [7, 11) is 0. The Hall–Kier alpha value is -2.20. The lowest BCUT2D eigenvalue weighted by atomic mass is 9.95. The molecule has 0 spiro atoms. The van der Waals surface area contributed by atoms with E-state index in [-0.39, 0.29) is 23.5 Å².